The van der Waals surface area contributed by atoms with Gasteiger partial charge in [0.1, 0.15) is 6.61 Å². The SMILES string of the molecule is CCOc1c(F)cc([C@@H]2COC(=O)N2)cc1Cl. The van der Waals surface area contributed by atoms with Gasteiger partial charge in [-0.2, -0.15) is 0 Å². The van der Waals surface area contributed by atoms with Gasteiger partial charge in [-0.25, -0.2) is 9.18 Å². The van der Waals surface area contributed by atoms with E-state index in [-0.39, 0.29) is 23.4 Å². The predicted molar refractivity (Wildman–Crippen MR) is 59.8 cm³/mol. The molecule has 1 amide bonds. The lowest BCUT2D eigenvalue weighted by atomic mass is 10.1. The van der Waals surface area contributed by atoms with E-state index in [2.05, 4.69) is 5.32 Å². The van der Waals surface area contributed by atoms with E-state index in [0.29, 0.717) is 12.2 Å². The Hall–Kier alpha value is -1.49. The first-order valence-electron chi connectivity index (χ1n) is 5.17. The number of nitrogens with one attached hydrogen (secondary N) is 1. The van der Waals surface area contributed by atoms with E-state index >= 15 is 0 Å². The molecular weight excluding hydrogens is 249 g/mol. The molecule has 1 aromatic rings. The van der Waals surface area contributed by atoms with Crippen LogP contribution in [0.25, 0.3) is 0 Å². The van der Waals surface area contributed by atoms with Crippen molar-refractivity contribution < 1.29 is 18.7 Å². The Kier molecular flexibility index (Phi) is 3.38. The molecule has 1 atom stereocenters. The Morgan fingerprint density at radius 1 is 1.65 bits per heavy atom. The largest absolute Gasteiger partial charge is 0.489 e. The van der Waals surface area contributed by atoms with Crippen molar-refractivity contribution in [1.29, 1.82) is 0 Å². The van der Waals surface area contributed by atoms with Crippen molar-refractivity contribution >= 4 is 17.7 Å². The highest BCUT2D eigenvalue weighted by Crippen LogP contribution is 2.32. The molecule has 0 spiro atoms. The molecule has 1 aromatic carbocycles. The Balaban J connectivity index is 2.28. The van der Waals surface area contributed by atoms with Gasteiger partial charge in [0.15, 0.2) is 11.6 Å². The molecule has 1 aliphatic rings. The number of ether oxygens (including phenoxy) is 2. The van der Waals surface area contributed by atoms with Crippen molar-refractivity contribution in [2.45, 2.75) is 13.0 Å². The minimum Gasteiger partial charge on any atom is -0.489 e. The maximum atomic E-state index is 13.7. The Morgan fingerprint density at radius 3 is 2.94 bits per heavy atom. The standard InChI is InChI=1S/C11H11ClFNO3/c1-2-16-10-7(12)3-6(4-8(10)13)9-5-17-11(15)14-9/h3-4,9H,2,5H2,1H3,(H,14,15)/t9-/m0/s1. The topological polar surface area (TPSA) is 47.6 Å². The van der Waals surface area contributed by atoms with Crippen LogP contribution in [0.4, 0.5) is 9.18 Å². The average molecular weight is 260 g/mol. The normalized spacial score (nSPS) is 18.8. The lowest BCUT2D eigenvalue weighted by molar-refractivity contribution is 0.177. The summed E-state index contributed by atoms with van der Waals surface area (Å²) in [4.78, 5) is 10.9. The van der Waals surface area contributed by atoms with Gasteiger partial charge in [0.05, 0.1) is 17.7 Å². The van der Waals surface area contributed by atoms with Gasteiger partial charge in [-0.1, -0.05) is 11.6 Å². The molecule has 1 aliphatic heterocycles. The number of carbonyl (C=O) groups is 1. The third-order valence-electron chi connectivity index (χ3n) is 2.38. The molecule has 0 aliphatic carbocycles. The molecule has 1 heterocycles. The van der Waals surface area contributed by atoms with Gasteiger partial charge in [0, 0.05) is 0 Å². The van der Waals surface area contributed by atoms with Crippen LogP contribution >= 0.6 is 11.6 Å². The summed E-state index contributed by atoms with van der Waals surface area (Å²) in [6, 6.07) is 2.48. The Morgan fingerprint density at radius 2 is 2.41 bits per heavy atom. The van der Waals surface area contributed by atoms with Crippen LogP contribution in [0.5, 0.6) is 5.75 Å². The maximum absolute atomic E-state index is 13.7. The smallest absolute Gasteiger partial charge is 0.407 e. The van der Waals surface area contributed by atoms with Crippen LogP contribution in [0.1, 0.15) is 18.5 Å². The molecule has 2 rings (SSSR count). The number of carbonyl (C=O) groups excluding carboxylic acids is 1. The summed E-state index contributed by atoms with van der Waals surface area (Å²) in [6.07, 6.45) is -0.514. The van der Waals surface area contributed by atoms with Gasteiger partial charge in [-0.05, 0) is 24.6 Å². The first kappa shape index (κ1) is 12.0. The lowest BCUT2D eigenvalue weighted by Gasteiger charge is -2.12. The molecule has 0 bridgehead atoms. The van der Waals surface area contributed by atoms with Crippen LogP contribution in [0.3, 0.4) is 0 Å². The third-order valence-corrected chi connectivity index (χ3v) is 2.67. The molecule has 1 fully saturated rings. The zero-order valence-electron chi connectivity index (χ0n) is 9.13. The fraction of sp³-hybridized carbons (Fsp3) is 0.364. The van der Waals surface area contributed by atoms with Crippen molar-refractivity contribution in [3.63, 3.8) is 0 Å². The number of amides is 1. The number of rotatable bonds is 3. The zero-order valence-corrected chi connectivity index (χ0v) is 9.88. The van der Waals surface area contributed by atoms with Crippen molar-refractivity contribution in [3.05, 3.63) is 28.5 Å². The minimum absolute atomic E-state index is 0.0307. The van der Waals surface area contributed by atoms with E-state index < -0.39 is 11.9 Å². The van der Waals surface area contributed by atoms with Gasteiger partial charge < -0.3 is 14.8 Å². The number of hydrogen-bond donors (Lipinski definition) is 1. The third kappa shape index (κ3) is 2.44. The van der Waals surface area contributed by atoms with Crippen LogP contribution in [-0.2, 0) is 4.74 Å². The molecule has 0 saturated carbocycles. The number of alkyl carbamates (subject to hydrolysis) is 1. The van der Waals surface area contributed by atoms with Crippen LogP contribution in [0.2, 0.25) is 5.02 Å². The summed E-state index contributed by atoms with van der Waals surface area (Å²) in [6.45, 7) is 2.25. The molecule has 0 aromatic heterocycles. The number of cyclic esters (lactones) is 1. The molecule has 6 heteroatoms. The van der Waals surface area contributed by atoms with Gasteiger partial charge in [-0.3, -0.25) is 0 Å². The van der Waals surface area contributed by atoms with E-state index in [1.54, 1.807) is 13.0 Å². The summed E-state index contributed by atoms with van der Waals surface area (Å²) in [5, 5.41) is 2.73. The summed E-state index contributed by atoms with van der Waals surface area (Å²) < 4.78 is 23.5. The van der Waals surface area contributed by atoms with Crippen LogP contribution in [0, 0.1) is 5.82 Å². The molecule has 0 unspecified atom stereocenters. The number of benzene rings is 1. The second-order valence-electron chi connectivity index (χ2n) is 3.54. The Bertz CT molecular complexity index is 429. The number of halogens is 2. The van der Waals surface area contributed by atoms with E-state index in [0.717, 1.165) is 0 Å². The van der Waals surface area contributed by atoms with Crippen LogP contribution in [-0.4, -0.2) is 19.3 Å². The fourth-order valence-corrected chi connectivity index (χ4v) is 1.90. The van der Waals surface area contributed by atoms with E-state index in [1.807, 2.05) is 0 Å². The minimum atomic E-state index is -0.546. The molecular formula is C11H11ClFNO3. The first-order valence-corrected chi connectivity index (χ1v) is 5.54. The molecule has 92 valence electrons. The van der Waals surface area contributed by atoms with Gasteiger partial charge >= 0.3 is 6.09 Å². The second kappa shape index (κ2) is 4.79. The van der Waals surface area contributed by atoms with Gasteiger partial charge in [0.2, 0.25) is 0 Å². The fourth-order valence-electron chi connectivity index (χ4n) is 1.63. The lowest BCUT2D eigenvalue weighted by Crippen LogP contribution is -2.18. The first-order chi connectivity index (χ1) is 8.11. The van der Waals surface area contributed by atoms with Gasteiger partial charge in [0.25, 0.3) is 0 Å². The van der Waals surface area contributed by atoms with Crippen LogP contribution < -0.4 is 10.1 Å². The summed E-state index contributed by atoms with van der Waals surface area (Å²) in [5.74, 6) is -0.515. The molecule has 4 nitrogen and oxygen atoms in total. The highest BCUT2D eigenvalue weighted by atomic mass is 35.5. The molecule has 1 N–H and O–H groups in total. The van der Waals surface area contributed by atoms with E-state index in [4.69, 9.17) is 21.1 Å². The molecule has 17 heavy (non-hydrogen) atoms. The highest BCUT2D eigenvalue weighted by molar-refractivity contribution is 6.32. The summed E-state index contributed by atoms with van der Waals surface area (Å²) >= 11 is 5.91. The van der Waals surface area contributed by atoms with Crippen molar-refractivity contribution in [1.82, 2.24) is 5.32 Å². The second-order valence-corrected chi connectivity index (χ2v) is 3.95. The summed E-state index contributed by atoms with van der Waals surface area (Å²) in [7, 11) is 0. The monoisotopic (exact) mass is 259 g/mol. The van der Waals surface area contributed by atoms with Crippen molar-refractivity contribution in [2.75, 3.05) is 13.2 Å². The van der Waals surface area contributed by atoms with Crippen LogP contribution in [0.15, 0.2) is 12.1 Å². The molecule has 0 radical (unpaired) electrons. The van der Waals surface area contributed by atoms with Crippen molar-refractivity contribution in [3.8, 4) is 5.75 Å². The summed E-state index contributed by atoms with van der Waals surface area (Å²) in [5.41, 5.74) is 0.557. The van der Waals surface area contributed by atoms with E-state index in [9.17, 15) is 9.18 Å². The predicted octanol–water partition coefficient (Wildman–Crippen LogP) is 2.66. The van der Waals surface area contributed by atoms with Crippen molar-refractivity contribution in [2.24, 2.45) is 0 Å². The van der Waals surface area contributed by atoms with E-state index in [1.165, 1.54) is 6.07 Å². The number of hydrogen-bond acceptors (Lipinski definition) is 3. The maximum Gasteiger partial charge on any atom is 0.407 e. The highest BCUT2D eigenvalue weighted by Gasteiger charge is 2.25. The quantitative estimate of drug-likeness (QED) is 0.908. The molecule has 1 saturated heterocycles. The average Bonchev–Trinajstić information content (AvgIpc) is 2.70. The zero-order chi connectivity index (χ0) is 12.4. The Labute approximate surface area is 103 Å². The van der Waals surface area contributed by atoms with Gasteiger partial charge in [-0.15, -0.1) is 0 Å².